The van der Waals surface area contributed by atoms with Gasteiger partial charge in [-0.05, 0) is 60.7 Å². The second-order valence-corrected chi connectivity index (χ2v) is 17.0. The zero-order valence-corrected chi connectivity index (χ0v) is 37.9. The third-order valence-corrected chi connectivity index (χ3v) is 11.9. The third-order valence-electron chi connectivity index (χ3n) is 11.9. The van der Waals surface area contributed by atoms with Crippen molar-refractivity contribution in [3.8, 4) is 11.4 Å². The molecule has 4 heterocycles. The number of benzene rings is 3. The van der Waals surface area contributed by atoms with Crippen molar-refractivity contribution >= 4 is 64.1 Å². The fourth-order valence-corrected chi connectivity index (χ4v) is 8.34. The molecular formula is C49H51N9O11. The van der Waals surface area contributed by atoms with Crippen LogP contribution >= 0.6 is 0 Å². The van der Waals surface area contributed by atoms with Crippen molar-refractivity contribution in [1.29, 1.82) is 0 Å². The van der Waals surface area contributed by atoms with E-state index in [1.54, 1.807) is 73.9 Å². The van der Waals surface area contributed by atoms with Crippen LogP contribution in [0.1, 0.15) is 85.1 Å². The standard InChI is InChI=1S/C49H51N9O11/c1-4-49(33-21-37-42-30(19-28-13-8-9-16-34(28)56-42)24-58(37)44(63)32(33)25-68-47(49)67)69-46(66)41(26(2)3)57-38(59)18-17-35(45(64)65)54-39(60)22-36(27-11-6-5-7-12-27)55-40(61)23-52-43(62)29-14-10-15-31(20-29)53-48(50)51/h5-16,19-21,26,35-36,41H,4,17-18,22-25H2,1-3H3,(H,52,62)(H,54,60)(H,55,61)(H,57,59)(H,64,65)(H4,50,51,53)/t35-,36?,41-,49-/m0/s1. The van der Waals surface area contributed by atoms with E-state index in [9.17, 15) is 43.5 Å². The molecule has 3 aromatic carbocycles. The number of nitrogens with one attached hydrogen (secondary N) is 4. The zero-order valence-electron chi connectivity index (χ0n) is 37.9. The smallest absolute Gasteiger partial charge is 0.355 e. The molecule has 2 aliphatic heterocycles. The molecule has 5 aromatic rings. The molecule has 0 bridgehead atoms. The average Bonchev–Trinajstić information content (AvgIpc) is 3.68. The number of carbonyl (C=O) groups is 7. The number of hydrogen-bond donors (Lipinski definition) is 7. The number of fused-ring (bicyclic) bond motifs is 5. The number of aliphatic carboxylic acids is 1. The highest BCUT2D eigenvalue weighted by atomic mass is 16.6. The van der Waals surface area contributed by atoms with Gasteiger partial charge in [0, 0.05) is 28.5 Å². The summed E-state index contributed by atoms with van der Waals surface area (Å²) in [5, 5.41) is 21.2. The number of carboxylic acid groups (broad SMARTS) is 1. The molecule has 0 spiro atoms. The summed E-state index contributed by atoms with van der Waals surface area (Å²) in [5.74, 6) is -6.92. The highest BCUT2D eigenvalue weighted by Gasteiger charge is 2.51. The fraction of sp³-hybridized carbons (Fsp3) is 0.306. The van der Waals surface area contributed by atoms with Crippen LogP contribution in [0.25, 0.3) is 22.3 Å². The summed E-state index contributed by atoms with van der Waals surface area (Å²) in [6.07, 6.45) is -1.40. The van der Waals surface area contributed by atoms with Crippen LogP contribution in [-0.2, 0) is 57.0 Å². The molecule has 20 heteroatoms. The van der Waals surface area contributed by atoms with E-state index in [4.69, 9.17) is 25.9 Å². The lowest BCUT2D eigenvalue weighted by Crippen LogP contribution is -2.52. The lowest BCUT2D eigenvalue weighted by Gasteiger charge is -2.37. The van der Waals surface area contributed by atoms with Crippen LogP contribution in [0.4, 0.5) is 5.69 Å². The van der Waals surface area contributed by atoms with Crippen LogP contribution in [0.2, 0.25) is 0 Å². The highest BCUT2D eigenvalue weighted by Crippen LogP contribution is 2.41. The van der Waals surface area contributed by atoms with Gasteiger partial charge in [0.25, 0.3) is 11.5 Å². The minimum absolute atomic E-state index is 0.118. The summed E-state index contributed by atoms with van der Waals surface area (Å²) in [6.45, 7) is 4.30. The molecule has 1 unspecified atom stereocenters. The molecule has 0 saturated heterocycles. The maximum Gasteiger partial charge on any atom is 0.355 e. The summed E-state index contributed by atoms with van der Waals surface area (Å²) in [7, 11) is 0. The Balaban J connectivity index is 0.989. The fourth-order valence-electron chi connectivity index (χ4n) is 8.34. The second kappa shape index (κ2) is 20.6. The van der Waals surface area contributed by atoms with Gasteiger partial charge in [0.15, 0.2) is 5.96 Å². The zero-order chi connectivity index (χ0) is 49.6. The minimum Gasteiger partial charge on any atom is -0.480 e. The van der Waals surface area contributed by atoms with Crippen molar-refractivity contribution in [2.24, 2.45) is 22.4 Å². The van der Waals surface area contributed by atoms with Gasteiger partial charge in [0.2, 0.25) is 23.3 Å². The molecule has 2 aliphatic rings. The Kier molecular flexibility index (Phi) is 14.5. The van der Waals surface area contributed by atoms with Crippen molar-refractivity contribution in [2.45, 2.75) is 83.3 Å². The van der Waals surface area contributed by atoms with Crippen molar-refractivity contribution in [3.63, 3.8) is 0 Å². The highest BCUT2D eigenvalue weighted by molar-refractivity contribution is 5.97. The second-order valence-electron chi connectivity index (χ2n) is 17.0. The van der Waals surface area contributed by atoms with Gasteiger partial charge < -0.3 is 51.9 Å². The van der Waals surface area contributed by atoms with Crippen LogP contribution in [-0.4, -0.2) is 80.8 Å². The van der Waals surface area contributed by atoms with E-state index in [2.05, 4.69) is 26.3 Å². The van der Waals surface area contributed by atoms with Crippen molar-refractivity contribution < 1.29 is 48.1 Å². The first-order chi connectivity index (χ1) is 33.0. The summed E-state index contributed by atoms with van der Waals surface area (Å²) in [5.41, 5.74) is 12.2. The minimum atomic E-state index is -2.05. The number of cyclic esters (lactones) is 1. The van der Waals surface area contributed by atoms with E-state index in [1.807, 2.05) is 30.3 Å². The molecule has 0 aliphatic carbocycles. The molecule has 0 radical (unpaired) electrons. The number of ether oxygens (including phenoxy) is 2. The molecule has 9 N–H and O–H groups in total. The van der Waals surface area contributed by atoms with Gasteiger partial charge in [-0.25, -0.2) is 24.4 Å². The molecule has 2 aromatic heterocycles. The van der Waals surface area contributed by atoms with Crippen LogP contribution < -0.4 is 38.3 Å². The van der Waals surface area contributed by atoms with E-state index in [1.165, 1.54) is 12.1 Å². The van der Waals surface area contributed by atoms with Crippen molar-refractivity contribution in [2.75, 3.05) is 6.54 Å². The van der Waals surface area contributed by atoms with Gasteiger partial charge in [0.05, 0.1) is 53.7 Å². The Labute approximate surface area is 394 Å². The summed E-state index contributed by atoms with van der Waals surface area (Å²) >= 11 is 0. The van der Waals surface area contributed by atoms with Gasteiger partial charge >= 0.3 is 17.9 Å². The molecule has 20 nitrogen and oxygen atoms in total. The number of nitrogens with two attached hydrogens (primary N) is 2. The number of guanidine groups is 1. The molecule has 0 saturated carbocycles. The number of rotatable bonds is 18. The van der Waals surface area contributed by atoms with Crippen molar-refractivity contribution in [3.05, 3.63) is 129 Å². The summed E-state index contributed by atoms with van der Waals surface area (Å²) < 4.78 is 13.1. The maximum atomic E-state index is 14.1. The SMILES string of the molecule is CC[C@@]1(OC(=O)[C@@H](NC(=O)CC[C@H](NC(=O)CC(NC(=O)CNC(=O)c2cccc(N=C(N)N)c2)c2ccccc2)C(=O)O)C(C)C)C(=O)OCc2c1cc1n(c2=O)Cc2cc3ccccc3nc2-1. The predicted octanol–water partition coefficient (Wildman–Crippen LogP) is 2.70. The molecule has 7 rings (SSSR count). The van der Waals surface area contributed by atoms with Crippen LogP contribution in [0, 0.1) is 5.92 Å². The molecular weight excluding hydrogens is 891 g/mol. The monoisotopic (exact) mass is 941 g/mol. The van der Waals surface area contributed by atoms with Gasteiger partial charge in [-0.15, -0.1) is 0 Å². The third kappa shape index (κ3) is 10.7. The number of para-hydroxylation sites is 1. The number of esters is 2. The Hall–Kier alpha value is -8.42. The Morgan fingerprint density at radius 2 is 1.64 bits per heavy atom. The quantitative estimate of drug-likeness (QED) is 0.0371. The first-order valence-corrected chi connectivity index (χ1v) is 22.2. The van der Waals surface area contributed by atoms with E-state index in [0.717, 1.165) is 10.9 Å². The maximum absolute atomic E-state index is 14.1. The van der Waals surface area contributed by atoms with E-state index in [0.29, 0.717) is 28.2 Å². The molecule has 358 valence electrons. The largest absolute Gasteiger partial charge is 0.480 e. The van der Waals surface area contributed by atoms with Gasteiger partial charge in [-0.2, -0.15) is 0 Å². The van der Waals surface area contributed by atoms with Gasteiger partial charge in [-0.3, -0.25) is 24.0 Å². The topological polar surface area (TPSA) is 306 Å². The lowest BCUT2D eigenvalue weighted by atomic mass is 9.85. The number of carboxylic acids is 1. The number of hydrogen-bond acceptors (Lipinski definition) is 12. The summed E-state index contributed by atoms with van der Waals surface area (Å²) in [6, 6.07) is 21.7. The summed E-state index contributed by atoms with van der Waals surface area (Å²) in [4.78, 5) is 116. The first-order valence-electron chi connectivity index (χ1n) is 22.2. The van der Waals surface area contributed by atoms with E-state index in [-0.39, 0.29) is 42.2 Å². The number of pyridine rings is 2. The Morgan fingerprint density at radius 3 is 2.35 bits per heavy atom. The predicted molar refractivity (Wildman–Crippen MR) is 250 cm³/mol. The van der Waals surface area contributed by atoms with Crippen molar-refractivity contribution in [1.82, 2.24) is 30.8 Å². The van der Waals surface area contributed by atoms with Gasteiger partial charge in [-0.1, -0.05) is 75.4 Å². The molecule has 69 heavy (non-hydrogen) atoms. The number of aliphatic imine (C=N–C) groups is 1. The van der Waals surface area contributed by atoms with Gasteiger partial charge in [0.1, 0.15) is 18.7 Å². The van der Waals surface area contributed by atoms with Crippen LogP contribution in [0.15, 0.2) is 101 Å². The normalized spacial score (nSPS) is 15.8. The van der Waals surface area contributed by atoms with E-state index < -0.39 is 103 Å². The molecule has 0 fully saturated rings. The number of amides is 4. The number of carbonyl (C=O) groups excluding carboxylic acids is 6. The Morgan fingerprint density at radius 1 is 0.899 bits per heavy atom. The Bertz CT molecular complexity index is 2950. The number of nitrogens with zero attached hydrogens (tertiary/aromatic N) is 3. The van der Waals surface area contributed by atoms with Crippen LogP contribution in [0.5, 0.6) is 0 Å². The van der Waals surface area contributed by atoms with Crippen LogP contribution in [0.3, 0.4) is 0 Å². The first kappa shape index (κ1) is 48.5. The molecule has 4 amide bonds. The lowest BCUT2D eigenvalue weighted by molar-refractivity contribution is -0.191. The molecule has 4 atom stereocenters. The number of aromatic nitrogens is 2. The van der Waals surface area contributed by atoms with E-state index >= 15 is 0 Å². The average molecular weight is 942 g/mol.